The van der Waals surface area contributed by atoms with Gasteiger partial charge in [0.2, 0.25) is 0 Å². The quantitative estimate of drug-likeness (QED) is 0.623. The highest BCUT2D eigenvalue weighted by Crippen LogP contribution is 2.31. The van der Waals surface area contributed by atoms with Gasteiger partial charge in [0.15, 0.2) is 10.8 Å². The molecule has 0 aliphatic rings. The lowest BCUT2D eigenvalue weighted by molar-refractivity contribution is 0.0980. The SMILES string of the molecule is Cc1cc(C(=O)N(CCCN(C)C)c2nc3c(F)cccc3s2)nn1C.Cl. The molecule has 0 saturated heterocycles. The van der Waals surface area contributed by atoms with E-state index in [1.807, 2.05) is 27.1 Å². The molecule has 0 N–H and O–H groups in total. The Morgan fingerprint density at radius 3 is 2.63 bits per heavy atom. The molecule has 0 fully saturated rings. The number of fused-ring (bicyclic) bond motifs is 1. The molecule has 1 aromatic carbocycles. The van der Waals surface area contributed by atoms with Crippen LogP contribution in [-0.4, -0.2) is 52.8 Å². The van der Waals surface area contributed by atoms with Crippen molar-refractivity contribution >= 4 is 45.0 Å². The molecule has 0 bridgehead atoms. The molecule has 3 aromatic rings. The van der Waals surface area contributed by atoms with E-state index in [1.165, 1.54) is 17.4 Å². The number of nitrogens with zero attached hydrogens (tertiary/aromatic N) is 5. The van der Waals surface area contributed by atoms with Crippen LogP contribution in [0.3, 0.4) is 0 Å². The van der Waals surface area contributed by atoms with Gasteiger partial charge in [0, 0.05) is 19.3 Å². The minimum Gasteiger partial charge on any atom is -0.309 e. The van der Waals surface area contributed by atoms with Crippen LogP contribution in [0.15, 0.2) is 24.3 Å². The van der Waals surface area contributed by atoms with Crippen LogP contribution in [0.4, 0.5) is 9.52 Å². The van der Waals surface area contributed by atoms with Crippen molar-refractivity contribution in [2.24, 2.45) is 7.05 Å². The van der Waals surface area contributed by atoms with Gasteiger partial charge in [-0.3, -0.25) is 14.4 Å². The van der Waals surface area contributed by atoms with Crippen molar-refractivity contribution in [1.29, 1.82) is 0 Å². The highest BCUT2D eigenvalue weighted by atomic mass is 35.5. The molecule has 0 saturated carbocycles. The molecule has 0 aliphatic carbocycles. The van der Waals surface area contributed by atoms with E-state index < -0.39 is 0 Å². The van der Waals surface area contributed by atoms with E-state index in [0.29, 0.717) is 22.9 Å². The van der Waals surface area contributed by atoms with E-state index in [1.54, 1.807) is 28.8 Å². The molecule has 0 atom stereocenters. The number of halogens is 2. The van der Waals surface area contributed by atoms with Crippen LogP contribution in [0.25, 0.3) is 10.2 Å². The van der Waals surface area contributed by atoms with E-state index in [2.05, 4.69) is 15.0 Å². The normalized spacial score (nSPS) is 11.0. The van der Waals surface area contributed by atoms with Gasteiger partial charge < -0.3 is 4.90 Å². The predicted molar refractivity (Wildman–Crippen MR) is 110 cm³/mol. The Morgan fingerprint density at radius 1 is 1.30 bits per heavy atom. The van der Waals surface area contributed by atoms with Crippen LogP contribution in [0.1, 0.15) is 22.6 Å². The van der Waals surface area contributed by atoms with Crippen LogP contribution < -0.4 is 4.90 Å². The van der Waals surface area contributed by atoms with Gasteiger partial charge in [-0.1, -0.05) is 17.4 Å². The van der Waals surface area contributed by atoms with E-state index in [0.717, 1.165) is 23.4 Å². The first kappa shape index (κ1) is 21.3. The number of rotatable bonds is 6. The largest absolute Gasteiger partial charge is 0.309 e. The number of anilines is 1. The third kappa shape index (κ3) is 4.63. The molecule has 0 aliphatic heterocycles. The Labute approximate surface area is 168 Å². The molecular formula is C18H23ClFN5OS. The molecule has 2 heterocycles. The van der Waals surface area contributed by atoms with Gasteiger partial charge in [-0.2, -0.15) is 5.10 Å². The second-order valence-corrected chi connectivity index (χ2v) is 7.50. The van der Waals surface area contributed by atoms with E-state index in [-0.39, 0.29) is 24.1 Å². The van der Waals surface area contributed by atoms with Gasteiger partial charge in [-0.25, -0.2) is 9.37 Å². The van der Waals surface area contributed by atoms with Crippen molar-refractivity contribution in [2.45, 2.75) is 13.3 Å². The van der Waals surface area contributed by atoms with Gasteiger partial charge in [0.05, 0.1) is 4.70 Å². The number of hydrogen-bond acceptors (Lipinski definition) is 5. The maximum atomic E-state index is 14.0. The Kier molecular flexibility index (Phi) is 6.91. The Morgan fingerprint density at radius 2 is 2.04 bits per heavy atom. The first-order chi connectivity index (χ1) is 12.4. The summed E-state index contributed by atoms with van der Waals surface area (Å²) >= 11 is 1.32. The van der Waals surface area contributed by atoms with E-state index in [4.69, 9.17) is 0 Å². The molecular weight excluding hydrogens is 389 g/mol. The van der Waals surface area contributed by atoms with Crippen molar-refractivity contribution in [2.75, 3.05) is 32.1 Å². The summed E-state index contributed by atoms with van der Waals surface area (Å²) in [5.74, 6) is -0.591. The van der Waals surface area contributed by atoms with Crippen molar-refractivity contribution in [3.63, 3.8) is 0 Å². The Hall–Kier alpha value is -2.03. The molecule has 2 aromatic heterocycles. The average molecular weight is 412 g/mol. The minimum absolute atomic E-state index is 0. The van der Waals surface area contributed by atoms with Crippen molar-refractivity contribution in [1.82, 2.24) is 19.7 Å². The Bertz CT molecular complexity index is 920. The number of hydrogen-bond donors (Lipinski definition) is 0. The fourth-order valence-corrected chi connectivity index (χ4v) is 3.66. The molecule has 3 rings (SSSR count). The zero-order valence-electron chi connectivity index (χ0n) is 15.8. The maximum Gasteiger partial charge on any atom is 0.280 e. The molecule has 0 unspecified atom stereocenters. The fourth-order valence-electron chi connectivity index (χ4n) is 2.65. The lowest BCUT2D eigenvalue weighted by atomic mass is 10.3. The molecule has 1 amide bonds. The summed E-state index contributed by atoms with van der Waals surface area (Å²) in [7, 11) is 5.78. The molecule has 0 radical (unpaired) electrons. The second-order valence-electron chi connectivity index (χ2n) is 6.49. The minimum atomic E-state index is -0.376. The highest BCUT2D eigenvalue weighted by Gasteiger charge is 2.24. The molecule has 6 nitrogen and oxygen atoms in total. The average Bonchev–Trinajstić information content (AvgIpc) is 3.16. The number of amides is 1. The fraction of sp³-hybridized carbons (Fsp3) is 0.389. The van der Waals surface area contributed by atoms with Gasteiger partial charge in [-0.05, 0) is 52.2 Å². The third-order valence-electron chi connectivity index (χ3n) is 4.15. The Balaban J connectivity index is 0.00000261. The van der Waals surface area contributed by atoms with E-state index >= 15 is 0 Å². The van der Waals surface area contributed by atoms with Crippen molar-refractivity contribution in [3.05, 3.63) is 41.5 Å². The molecule has 0 spiro atoms. The summed E-state index contributed by atoms with van der Waals surface area (Å²) in [6, 6.07) is 6.61. The van der Waals surface area contributed by atoms with Gasteiger partial charge in [0.1, 0.15) is 11.3 Å². The lowest BCUT2D eigenvalue weighted by Crippen LogP contribution is -2.33. The molecule has 146 valence electrons. The van der Waals surface area contributed by atoms with Gasteiger partial charge in [0.25, 0.3) is 5.91 Å². The summed E-state index contributed by atoms with van der Waals surface area (Å²) in [5.41, 5.74) is 1.57. The number of carbonyl (C=O) groups excluding carboxylic acids is 1. The first-order valence-corrected chi connectivity index (χ1v) is 9.20. The van der Waals surface area contributed by atoms with Crippen LogP contribution in [0.2, 0.25) is 0 Å². The van der Waals surface area contributed by atoms with Crippen LogP contribution in [-0.2, 0) is 7.05 Å². The molecule has 9 heteroatoms. The lowest BCUT2D eigenvalue weighted by Gasteiger charge is -2.20. The third-order valence-corrected chi connectivity index (χ3v) is 5.20. The second kappa shape index (κ2) is 8.77. The number of benzene rings is 1. The van der Waals surface area contributed by atoms with Crippen LogP contribution in [0.5, 0.6) is 0 Å². The summed E-state index contributed by atoms with van der Waals surface area (Å²) < 4.78 is 16.4. The van der Waals surface area contributed by atoms with E-state index in [9.17, 15) is 9.18 Å². The number of para-hydroxylation sites is 1. The van der Waals surface area contributed by atoms with Crippen LogP contribution >= 0.6 is 23.7 Å². The van der Waals surface area contributed by atoms with Crippen LogP contribution in [0, 0.1) is 12.7 Å². The number of carbonyl (C=O) groups is 1. The highest BCUT2D eigenvalue weighted by molar-refractivity contribution is 7.22. The van der Waals surface area contributed by atoms with Crippen molar-refractivity contribution in [3.8, 4) is 0 Å². The predicted octanol–water partition coefficient (Wildman–Crippen LogP) is 3.50. The maximum absolute atomic E-state index is 14.0. The summed E-state index contributed by atoms with van der Waals surface area (Å²) in [6.45, 7) is 3.23. The molecule has 27 heavy (non-hydrogen) atoms. The summed E-state index contributed by atoms with van der Waals surface area (Å²) in [6.07, 6.45) is 0.781. The summed E-state index contributed by atoms with van der Waals surface area (Å²) in [5, 5.41) is 4.79. The van der Waals surface area contributed by atoms with Gasteiger partial charge >= 0.3 is 0 Å². The van der Waals surface area contributed by atoms with Gasteiger partial charge in [-0.15, -0.1) is 12.4 Å². The number of aryl methyl sites for hydroxylation is 2. The zero-order chi connectivity index (χ0) is 18.8. The number of thiazole rings is 1. The summed E-state index contributed by atoms with van der Waals surface area (Å²) in [4.78, 5) is 21.1. The zero-order valence-corrected chi connectivity index (χ0v) is 17.4. The van der Waals surface area contributed by atoms with Crippen molar-refractivity contribution < 1.29 is 9.18 Å². The smallest absolute Gasteiger partial charge is 0.280 e. The monoisotopic (exact) mass is 411 g/mol. The standard InChI is InChI=1S/C18H22FN5OS.ClH/c1-12-11-14(21-23(12)4)17(25)24(10-6-9-22(2)3)18-20-16-13(19)7-5-8-15(16)26-18;/h5,7-8,11H,6,9-10H2,1-4H3;1H. The first-order valence-electron chi connectivity index (χ1n) is 8.39. The number of aromatic nitrogens is 3. The topological polar surface area (TPSA) is 54.3 Å².